The molecule has 14 heterocycles. The van der Waals surface area contributed by atoms with Crippen LogP contribution >= 0.6 is 68.8 Å². The van der Waals surface area contributed by atoms with Crippen LogP contribution in [0.25, 0.3) is 47.7 Å². The van der Waals surface area contributed by atoms with Crippen molar-refractivity contribution in [3.05, 3.63) is 117 Å². The molecule has 34 nitrogen and oxygen atoms in total. The predicted molar refractivity (Wildman–Crippen MR) is 476 cm³/mol. The molecule has 5 fully saturated rings. The average Bonchev–Trinajstić information content (AvgIpc) is 1.24. The fraction of sp³-hybridized carbons (Fsp3) is 0.451. The lowest BCUT2D eigenvalue weighted by atomic mass is 10.1. The Bertz CT molecular complexity index is 5340. The molecule has 0 saturated carbocycles. The first-order chi connectivity index (χ1) is 59.3. The maximum absolute atomic E-state index is 9.97. The van der Waals surface area contributed by atoms with Gasteiger partial charge in [-0.25, -0.2) is 29.9 Å². The Kier molecular flexibility index (Phi) is 31.8. The predicted octanol–water partition coefficient (Wildman–Crippen LogP) is 12.3. The van der Waals surface area contributed by atoms with Gasteiger partial charge in [0.15, 0.2) is 34.5 Å². The fourth-order valence-corrected chi connectivity index (χ4v) is 18.4. The lowest BCUT2D eigenvalue weighted by Gasteiger charge is -2.28. The van der Waals surface area contributed by atoms with Gasteiger partial charge in [-0.2, -0.15) is 15.0 Å². The van der Waals surface area contributed by atoms with Crippen molar-refractivity contribution in [2.24, 2.45) is 0 Å². The number of nitrogens with one attached hydrogen (secondary N) is 5. The van der Waals surface area contributed by atoms with Crippen LogP contribution in [0.1, 0.15) is 78.8 Å². The van der Waals surface area contributed by atoms with Gasteiger partial charge in [0, 0.05) is 103 Å². The summed E-state index contributed by atoms with van der Waals surface area (Å²) in [5.41, 5.74) is 2.38. The van der Waals surface area contributed by atoms with E-state index in [0.717, 1.165) is 176 Å². The molecule has 0 amide bonds. The second kappa shape index (κ2) is 43.1. The van der Waals surface area contributed by atoms with Gasteiger partial charge in [0.25, 0.3) is 0 Å². The fourth-order valence-electron chi connectivity index (χ4n) is 14.7. The van der Waals surface area contributed by atoms with Crippen LogP contribution in [0.3, 0.4) is 0 Å². The number of piperidine rings is 3. The van der Waals surface area contributed by atoms with Gasteiger partial charge in [-0.15, -0.1) is 45.6 Å². The minimum absolute atomic E-state index is 0.00810. The van der Waals surface area contributed by atoms with Crippen LogP contribution < -0.4 is 74.1 Å². The highest BCUT2D eigenvalue weighted by atomic mass is 35.5. The summed E-state index contributed by atoms with van der Waals surface area (Å²) in [5.74, 6) is 9.49. The highest BCUT2D eigenvalue weighted by molar-refractivity contribution is 7.19. The zero-order valence-electron chi connectivity index (χ0n) is 69.3. The molecule has 9 aromatic heterocycles. The van der Waals surface area contributed by atoms with E-state index in [0.29, 0.717) is 111 Å². The first-order valence-corrected chi connectivity index (χ1v) is 43.6. The number of aliphatic hydroxyl groups is 5. The van der Waals surface area contributed by atoms with Crippen molar-refractivity contribution >= 4 is 140 Å². The Balaban J connectivity index is 0.000000147. The second-order valence-corrected chi connectivity index (χ2v) is 33.4. The molecule has 0 spiro atoms. The Morgan fingerprint density at radius 2 is 0.803 bits per heavy atom. The molecule has 40 heteroatoms. The van der Waals surface area contributed by atoms with Crippen molar-refractivity contribution in [1.82, 2.24) is 79.0 Å². The summed E-state index contributed by atoms with van der Waals surface area (Å²) in [4.78, 5) is 53.5. The number of methoxy groups -OCH3 is 9. The normalized spacial score (nSPS) is 16.5. The number of benzene rings is 3. The number of aliphatic hydroxyl groups excluding tert-OH is 5. The summed E-state index contributed by atoms with van der Waals surface area (Å²) < 4.78 is 54.6. The Labute approximate surface area is 733 Å². The minimum atomic E-state index is -0.201. The summed E-state index contributed by atoms with van der Waals surface area (Å²) in [7, 11) is 14.2. The van der Waals surface area contributed by atoms with Crippen LogP contribution in [0.15, 0.2) is 92.2 Å². The summed E-state index contributed by atoms with van der Waals surface area (Å²) >= 11 is 23.0. The largest absolute Gasteiger partial charge is 0.493 e. The number of ether oxygens (including phenoxy) is 9. The zero-order chi connectivity index (χ0) is 85.9. The Hall–Kier alpha value is -9.68. The van der Waals surface area contributed by atoms with Crippen molar-refractivity contribution in [3.63, 3.8) is 0 Å². The number of nitrogens with zero attached hydrogens (tertiary/aromatic N) is 15. The third-order valence-corrected chi connectivity index (χ3v) is 25.0. The number of thiophene rings is 3. The number of alkyl halides is 1. The number of hydrogen-bond donors (Lipinski definition) is 10. The van der Waals surface area contributed by atoms with E-state index in [2.05, 4.69) is 88.3 Å². The molecular formula is C82H103Cl3N20O14S3. The number of rotatable bonds is 26. The van der Waals surface area contributed by atoms with Gasteiger partial charge in [0.1, 0.15) is 68.4 Å². The maximum Gasteiger partial charge on any atom is 0.229 e. The molecule has 10 N–H and O–H groups in total. The summed E-state index contributed by atoms with van der Waals surface area (Å²) in [6.07, 6.45) is 19.5. The molecule has 17 rings (SSSR count). The van der Waals surface area contributed by atoms with Crippen molar-refractivity contribution in [2.45, 2.75) is 114 Å². The maximum atomic E-state index is 9.97. The number of fused-ring (bicyclic) bond motifs is 3. The highest BCUT2D eigenvalue weighted by Crippen LogP contribution is 2.44. The Morgan fingerprint density at radius 3 is 1.14 bits per heavy atom. The number of likely N-dealkylation sites (tertiary alicyclic amines) is 2. The first kappa shape index (κ1) is 90.1. The molecule has 0 bridgehead atoms. The molecule has 12 aromatic rings. The smallest absolute Gasteiger partial charge is 0.229 e. The minimum Gasteiger partial charge on any atom is -0.493 e. The molecule has 122 heavy (non-hydrogen) atoms. The quantitative estimate of drug-likeness (QED) is 0.0178. The molecular weight excluding hydrogens is 1690 g/mol. The molecule has 0 radical (unpaired) electrons. The van der Waals surface area contributed by atoms with E-state index in [-0.39, 0.29) is 41.5 Å². The Morgan fingerprint density at radius 1 is 0.426 bits per heavy atom. The monoisotopic (exact) mass is 1790 g/mol. The third kappa shape index (κ3) is 22.5. The number of anilines is 7. The SMILES string of the molecule is COc1cc(-n2cnc(Nc3nc(Cl)nc4sc(CCl)cc34)c2)cc(OC)c1OC.COc1cc(-n2cnc(Nc3nc(Cl)nc4sc(CN5CCC(O)CC5)cc34)c2)cc(OC)c1OC.COc1cc(-n2cnc(Nc3nc(N4CCC[C@H]4CO)nc4sc(CN5CCC(O)CC5)cc34)c2)cc(OC)c1OC.OC1CCNCC1.OC[C@@H]1CCCN1. The second-order valence-electron chi connectivity index (χ2n) is 29.2. The van der Waals surface area contributed by atoms with Crippen molar-refractivity contribution in [2.75, 3.05) is 150 Å². The van der Waals surface area contributed by atoms with Gasteiger partial charge in [-0.1, -0.05) is 0 Å². The van der Waals surface area contributed by atoms with Gasteiger partial charge in [0.05, 0.1) is 159 Å². The number of halogens is 3. The van der Waals surface area contributed by atoms with Gasteiger partial charge in [-0.05, 0) is 125 Å². The van der Waals surface area contributed by atoms with Gasteiger partial charge in [-0.3, -0.25) is 9.80 Å². The average molecular weight is 1800 g/mol. The summed E-state index contributed by atoms with van der Waals surface area (Å²) in [6, 6.07) is 17.7. The number of imidazole rings is 3. The number of aromatic nitrogens is 12. The van der Waals surface area contributed by atoms with Crippen LogP contribution in [0.2, 0.25) is 10.6 Å². The van der Waals surface area contributed by atoms with E-state index >= 15 is 0 Å². The molecule has 0 aliphatic carbocycles. The standard InChI is InChI=1S/C29H37N7O5S.C24H27ClN6O4S.C19H17Cl2N5O3S.2C5H11NO/c1-39-23-11-19(12-24(40-2)26(23)41-3)35-15-25(30-17-35)31-27-22-13-21(14-34-9-6-20(38)7-10-34)42-28(22)33-29(32-27)36-8-4-5-18(36)16-37;1-33-18-8-14(9-19(34-2)21(18)35-3)31-12-20(26-13-31)27-22-17-10-16(36-23(17)29-24(25)28-22)11-30-6-4-15(32)5-7-30;1-27-13-4-10(5-14(28-2)16(13)29-3)26-8-15(22-9-26)23-17-12-6-11(7-20)30-18(12)25-19(21)24-17;7-5-1-3-6-4-2-5;7-4-5-2-1-3-6-5/h11-13,15,17-18,20,37-38H,4-10,14,16H2,1-3H3,(H,31,32,33);8-10,12-13,15,32H,4-7,11H2,1-3H3,(H,27,28,29);4-6,8-9H,7H2,1-3H3,(H,23,24,25);2*5-7H,1-4H2/t18-;;;;5-/m0...0/s1. The van der Waals surface area contributed by atoms with Crippen LogP contribution in [-0.4, -0.2) is 254 Å². The van der Waals surface area contributed by atoms with Crippen LogP contribution in [0, 0.1) is 0 Å². The van der Waals surface area contributed by atoms with Gasteiger partial charge in [0.2, 0.25) is 33.8 Å². The lowest BCUT2D eigenvalue weighted by molar-refractivity contribution is 0.0795. The summed E-state index contributed by atoms with van der Waals surface area (Å²) in [5, 5.41) is 66.2. The number of hydrogen-bond acceptors (Lipinski definition) is 34. The van der Waals surface area contributed by atoms with Gasteiger partial charge >= 0.3 is 0 Å². The zero-order valence-corrected chi connectivity index (χ0v) is 74.0. The van der Waals surface area contributed by atoms with Crippen molar-refractivity contribution in [3.8, 4) is 68.8 Å². The van der Waals surface area contributed by atoms with Crippen molar-refractivity contribution in [1.29, 1.82) is 0 Å². The molecule has 0 unspecified atom stereocenters. The molecule has 654 valence electrons. The molecule has 5 aliphatic rings. The van der Waals surface area contributed by atoms with Crippen LogP contribution in [0.5, 0.6) is 51.7 Å². The third-order valence-electron chi connectivity index (χ3n) is 21.1. The van der Waals surface area contributed by atoms with E-state index in [1.807, 2.05) is 74.8 Å². The van der Waals surface area contributed by atoms with E-state index in [1.54, 1.807) is 106 Å². The van der Waals surface area contributed by atoms with E-state index in [9.17, 15) is 15.3 Å². The topological polar surface area (TPSA) is 385 Å². The van der Waals surface area contributed by atoms with Crippen LogP contribution in [-0.2, 0) is 19.0 Å². The summed E-state index contributed by atoms with van der Waals surface area (Å²) in [6.45, 7) is 9.37. The van der Waals surface area contributed by atoms with Gasteiger partial charge < -0.3 is 113 Å². The van der Waals surface area contributed by atoms with E-state index < -0.39 is 0 Å². The first-order valence-electron chi connectivity index (χ1n) is 39.9. The van der Waals surface area contributed by atoms with Crippen LogP contribution in [0.4, 0.5) is 40.9 Å². The highest BCUT2D eigenvalue weighted by Gasteiger charge is 2.30. The molecule has 3 aromatic carbocycles. The molecule has 5 aliphatic heterocycles. The molecule has 2 atom stereocenters. The van der Waals surface area contributed by atoms with E-state index in [1.165, 1.54) is 27.5 Å². The molecule has 5 saturated heterocycles. The lowest BCUT2D eigenvalue weighted by Crippen LogP contribution is -2.35. The van der Waals surface area contributed by atoms with E-state index in [4.69, 9.17) is 97.6 Å². The van der Waals surface area contributed by atoms with Crippen molar-refractivity contribution < 1.29 is 68.2 Å².